The van der Waals surface area contributed by atoms with Gasteiger partial charge >= 0.3 is 0 Å². The first-order valence-corrected chi connectivity index (χ1v) is 9.30. The van der Waals surface area contributed by atoms with Crippen molar-refractivity contribution in [1.29, 1.82) is 0 Å². The van der Waals surface area contributed by atoms with Crippen LogP contribution in [0.5, 0.6) is 11.5 Å². The van der Waals surface area contributed by atoms with Crippen molar-refractivity contribution in [3.63, 3.8) is 0 Å². The monoisotopic (exact) mass is 377 g/mol. The first-order chi connectivity index (χ1) is 12.8. The molecule has 27 heavy (non-hydrogen) atoms. The summed E-state index contributed by atoms with van der Waals surface area (Å²) in [5.41, 5.74) is 0.924. The number of nitrogens with one attached hydrogen (secondary N) is 1. The van der Waals surface area contributed by atoms with E-state index < -0.39 is 0 Å². The molecule has 1 aliphatic rings. The molecule has 2 atom stereocenters. The van der Waals surface area contributed by atoms with Gasteiger partial charge < -0.3 is 24.6 Å². The molecule has 0 aromatic heterocycles. The van der Waals surface area contributed by atoms with E-state index in [0.29, 0.717) is 24.6 Å². The molecular weight excluding hydrogens is 346 g/mol. The third kappa shape index (κ3) is 5.60. The molecule has 1 saturated heterocycles. The van der Waals surface area contributed by atoms with Gasteiger partial charge in [0.2, 0.25) is 11.8 Å². The molecule has 0 bridgehead atoms. The van der Waals surface area contributed by atoms with Crippen LogP contribution in [0.3, 0.4) is 0 Å². The summed E-state index contributed by atoms with van der Waals surface area (Å²) in [7, 11) is 7.19. The number of amides is 2. The lowest BCUT2D eigenvalue weighted by Crippen LogP contribution is -2.35. The Balaban J connectivity index is 1.92. The maximum absolute atomic E-state index is 12.6. The number of hydrogen-bond donors (Lipinski definition) is 1. The van der Waals surface area contributed by atoms with Crippen molar-refractivity contribution in [2.24, 2.45) is 5.92 Å². The quantitative estimate of drug-likeness (QED) is 0.709. The van der Waals surface area contributed by atoms with Gasteiger partial charge in [-0.1, -0.05) is 6.07 Å². The Labute approximate surface area is 161 Å². The smallest absolute Gasteiger partial charge is 0.225 e. The summed E-state index contributed by atoms with van der Waals surface area (Å²) in [6.45, 7) is 4.05. The van der Waals surface area contributed by atoms with Crippen LogP contribution in [0.25, 0.3) is 0 Å². The maximum Gasteiger partial charge on any atom is 0.225 e. The second-order valence-electron chi connectivity index (χ2n) is 7.24. The molecule has 1 heterocycles. The molecule has 7 nitrogen and oxygen atoms in total. The van der Waals surface area contributed by atoms with Crippen LogP contribution >= 0.6 is 0 Å². The second kappa shape index (κ2) is 9.60. The molecule has 0 spiro atoms. The molecule has 1 fully saturated rings. The summed E-state index contributed by atoms with van der Waals surface area (Å²) < 4.78 is 10.6. The second-order valence-corrected chi connectivity index (χ2v) is 7.24. The highest BCUT2D eigenvalue weighted by Gasteiger charge is 2.34. The minimum atomic E-state index is -0.292. The highest BCUT2D eigenvalue weighted by Crippen LogP contribution is 2.30. The average molecular weight is 377 g/mol. The van der Waals surface area contributed by atoms with Gasteiger partial charge in [0.25, 0.3) is 0 Å². The summed E-state index contributed by atoms with van der Waals surface area (Å²) in [6, 6.07) is 5.40. The average Bonchev–Trinajstić information content (AvgIpc) is 3.01. The fourth-order valence-electron chi connectivity index (χ4n) is 3.28. The van der Waals surface area contributed by atoms with Gasteiger partial charge in [0.05, 0.1) is 26.2 Å². The van der Waals surface area contributed by atoms with Crippen molar-refractivity contribution in [3.05, 3.63) is 23.8 Å². The lowest BCUT2D eigenvalue weighted by atomic mass is 10.0. The van der Waals surface area contributed by atoms with E-state index in [9.17, 15) is 9.59 Å². The summed E-state index contributed by atoms with van der Waals surface area (Å²) in [5, 5.41) is 3.02. The van der Waals surface area contributed by atoms with Crippen LogP contribution in [0.2, 0.25) is 0 Å². The summed E-state index contributed by atoms with van der Waals surface area (Å²) in [5.74, 6) is 0.960. The number of likely N-dealkylation sites (tertiary alicyclic amines) is 1. The Hall–Kier alpha value is -2.28. The lowest BCUT2D eigenvalue weighted by Gasteiger charge is -2.20. The van der Waals surface area contributed by atoms with Gasteiger partial charge in [-0.25, -0.2) is 0 Å². The standard InChI is InChI=1S/C20H31N3O4/c1-14(15-7-8-17(26-4)18(11-15)27-5)21-20(25)16-12-19(24)23(13-16)10-6-9-22(2)3/h7-8,11,14,16H,6,9-10,12-13H2,1-5H3,(H,21,25). The number of hydrogen-bond acceptors (Lipinski definition) is 5. The van der Waals surface area contributed by atoms with Crippen molar-refractivity contribution in [1.82, 2.24) is 15.1 Å². The van der Waals surface area contributed by atoms with Crippen molar-refractivity contribution >= 4 is 11.8 Å². The molecule has 1 N–H and O–H groups in total. The zero-order valence-corrected chi connectivity index (χ0v) is 16.9. The Morgan fingerprint density at radius 2 is 2.00 bits per heavy atom. The fourth-order valence-corrected chi connectivity index (χ4v) is 3.28. The molecule has 2 unspecified atom stereocenters. The Kier molecular flexibility index (Phi) is 7.47. The zero-order valence-electron chi connectivity index (χ0n) is 16.9. The molecule has 2 amide bonds. The predicted molar refractivity (Wildman–Crippen MR) is 104 cm³/mol. The zero-order chi connectivity index (χ0) is 20.0. The summed E-state index contributed by atoms with van der Waals surface area (Å²) in [4.78, 5) is 28.7. The third-order valence-corrected chi connectivity index (χ3v) is 4.89. The van der Waals surface area contributed by atoms with Crippen LogP contribution in [-0.4, -0.2) is 69.6 Å². The number of methoxy groups -OCH3 is 2. The SMILES string of the molecule is COc1ccc(C(C)NC(=O)C2CC(=O)N(CCCN(C)C)C2)cc1OC. The van der Waals surface area contributed by atoms with Gasteiger partial charge in [0.1, 0.15) is 0 Å². The van der Waals surface area contributed by atoms with E-state index >= 15 is 0 Å². The summed E-state index contributed by atoms with van der Waals surface area (Å²) >= 11 is 0. The molecular formula is C20H31N3O4. The first-order valence-electron chi connectivity index (χ1n) is 9.30. The normalized spacial score (nSPS) is 17.9. The molecule has 0 aliphatic carbocycles. The minimum Gasteiger partial charge on any atom is -0.493 e. The maximum atomic E-state index is 12.6. The van der Waals surface area contributed by atoms with Crippen LogP contribution in [-0.2, 0) is 9.59 Å². The topological polar surface area (TPSA) is 71.1 Å². The highest BCUT2D eigenvalue weighted by molar-refractivity contribution is 5.89. The van der Waals surface area contributed by atoms with E-state index in [2.05, 4.69) is 10.2 Å². The van der Waals surface area contributed by atoms with Crippen LogP contribution in [0.1, 0.15) is 31.4 Å². The highest BCUT2D eigenvalue weighted by atomic mass is 16.5. The van der Waals surface area contributed by atoms with Crippen molar-refractivity contribution in [2.45, 2.75) is 25.8 Å². The van der Waals surface area contributed by atoms with Crippen LogP contribution < -0.4 is 14.8 Å². The Bertz CT molecular complexity index is 663. The van der Waals surface area contributed by atoms with E-state index in [1.165, 1.54) is 0 Å². The van der Waals surface area contributed by atoms with Crippen molar-refractivity contribution in [3.8, 4) is 11.5 Å². The van der Waals surface area contributed by atoms with Gasteiger partial charge in [0.15, 0.2) is 11.5 Å². The molecule has 150 valence electrons. The number of rotatable bonds is 9. The number of benzene rings is 1. The van der Waals surface area contributed by atoms with E-state index in [0.717, 1.165) is 18.5 Å². The minimum absolute atomic E-state index is 0.0627. The van der Waals surface area contributed by atoms with Gasteiger partial charge in [-0.05, 0) is 51.7 Å². The van der Waals surface area contributed by atoms with E-state index in [4.69, 9.17) is 9.47 Å². The van der Waals surface area contributed by atoms with E-state index in [-0.39, 0.29) is 30.2 Å². The Morgan fingerprint density at radius 3 is 2.63 bits per heavy atom. The van der Waals surface area contributed by atoms with Gasteiger partial charge in [-0.3, -0.25) is 9.59 Å². The van der Waals surface area contributed by atoms with Gasteiger partial charge in [-0.2, -0.15) is 0 Å². The van der Waals surface area contributed by atoms with Crippen LogP contribution in [0, 0.1) is 5.92 Å². The molecule has 1 aliphatic heterocycles. The third-order valence-electron chi connectivity index (χ3n) is 4.89. The number of nitrogens with zero attached hydrogens (tertiary/aromatic N) is 2. The Morgan fingerprint density at radius 1 is 1.30 bits per heavy atom. The number of carbonyl (C=O) groups is 2. The molecule has 1 aromatic rings. The summed E-state index contributed by atoms with van der Waals surface area (Å²) in [6.07, 6.45) is 1.20. The van der Waals surface area contributed by atoms with E-state index in [1.807, 2.05) is 39.2 Å². The number of carbonyl (C=O) groups excluding carboxylic acids is 2. The molecule has 2 rings (SSSR count). The molecule has 0 saturated carbocycles. The molecule has 0 radical (unpaired) electrons. The van der Waals surface area contributed by atoms with Gasteiger partial charge in [0, 0.05) is 19.5 Å². The first kappa shape index (κ1) is 21.0. The lowest BCUT2D eigenvalue weighted by molar-refractivity contribution is -0.129. The molecule has 7 heteroatoms. The number of ether oxygens (including phenoxy) is 2. The largest absolute Gasteiger partial charge is 0.493 e. The van der Waals surface area contributed by atoms with Gasteiger partial charge in [-0.15, -0.1) is 0 Å². The van der Waals surface area contributed by atoms with Crippen molar-refractivity contribution < 1.29 is 19.1 Å². The molecule has 1 aromatic carbocycles. The fraction of sp³-hybridized carbons (Fsp3) is 0.600. The predicted octanol–water partition coefficient (Wildman–Crippen LogP) is 1.68. The van der Waals surface area contributed by atoms with Crippen molar-refractivity contribution in [2.75, 3.05) is 47.9 Å². The van der Waals surface area contributed by atoms with Crippen LogP contribution in [0.4, 0.5) is 0 Å². The van der Waals surface area contributed by atoms with E-state index in [1.54, 1.807) is 19.1 Å². The van der Waals surface area contributed by atoms with Crippen LogP contribution in [0.15, 0.2) is 18.2 Å².